The van der Waals surface area contributed by atoms with E-state index in [9.17, 15) is 18.0 Å². The molecule has 0 radical (unpaired) electrons. The van der Waals surface area contributed by atoms with Crippen LogP contribution >= 0.6 is 0 Å². The highest BCUT2D eigenvalue weighted by Crippen LogP contribution is 2.36. The van der Waals surface area contributed by atoms with E-state index in [0.29, 0.717) is 35.0 Å². The van der Waals surface area contributed by atoms with Crippen LogP contribution < -0.4 is 15.5 Å². The lowest BCUT2D eigenvalue weighted by atomic mass is 10.1. The Hall–Kier alpha value is -4.45. The van der Waals surface area contributed by atoms with Crippen molar-refractivity contribution in [2.45, 2.75) is 38.4 Å². The summed E-state index contributed by atoms with van der Waals surface area (Å²) in [5, 5.41) is 6.11. The predicted octanol–water partition coefficient (Wildman–Crippen LogP) is 6.15. The zero-order chi connectivity index (χ0) is 29.0. The van der Waals surface area contributed by atoms with E-state index in [4.69, 9.17) is 0 Å². The van der Waals surface area contributed by atoms with Crippen LogP contribution in [-0.4, -0.2) is 56.9 Å². The highest BCUT2D eigenvalue weighted by atomic mass is 19.4. The number of aryl methyl sites for hydroxylation is 1. The maximum atomic E-state index is 13.2. The van der Waals surface area contributed by atoms with Gasteiger partial charge in [0, 0.05) is 42.3 Å². The molecule has 2 aromatic carbocycles. The Morgan fingerprint density at radius 2 is 2.00 bits per heavy atom. The molecule has 4 aromatic rings. The Kier molecular flexibility index (Phi) is 8.20. The number of aromatic amines is 1. The second kappa shape index (κ2) is 12.0. The summed E-state index contributed by atoms with van der Waals surface area (Å²) < 4.78 is 39.5. The van der Waals surface area contributed by atoms with Crippen LogP contribution in [0.2, 0.25) is 0 Å². The SMILES string of the molecule is Cc1ccc(NC(=O)c2cccc(C(F)(F)F)c2)cc1N(c1cc(NCCC2CCCN2C)ncn1)c1ncc[nH]1. The molecule has 0 bridgehead atoms. The number of imidazole rings is 1. The van der Waals surface area contributed by atoms with Gasteiger partial charge in [-0.3, -0.25) is 9.69 Å². The first-order chi connectivity index (χ1) is 19.7. The van der Waals surface area contributed by atoms with E-state index in [1.165, 1.54) is 31.3 Å². The molecule has 0 saturated carbocycles. The third-order valence-electron chi connectivity index (χ3n) is 7.19. The second-order valence-corrected chi connectivity index (χ2v) is 10.0. The molecule has 1 atom stereocenters. The topological polar surface area (TPSA) is 102 Å². The molecule has 3 heterocycles. The summed E-state index contributed by atoms with van der Waals surface area (Å²) in [7, 11) is 2.15. The highest BCUT2D eigenvalue weighted by molar-refractivity contribution is 6.04. The third kappa shape index (κ3) is 6.65. The van der Waals surface area contributed by atoms with Crippen molar-refractivity contribution in [2.24, 2.45) is 0 Å². The van der Waals surface area contributed by atoms with Crippen molar-refractivity contribution in [1.82, 2.24) is 24.8 Å². The number of nitrogens with zero attached hydrogens (tertiary/aromatic N) is 5. The van der Waals surface area contributed by atoms with Crippen LogP contribution in [0.4, 0.5) is 42.1 Å². The van der Waals surface area contributed by atoms with Crippen LogP contribution in [0.5, 0.6) is 0 Å². The van der Waals surface area contributed by atoms with E-state index < -0.39 is 17.6 Å². The second-order valence-electron chi connectivity index (χ2n) is 10.0. The van der Waals surface area contributed by atoms with E-state index in [-0.39, 0.29) is 5.56 Å². The lowest BCUT2D eigenvalue weighted by Crippen LogP contribution is -2.27. The van der Waals surface area contributed by atoms with Crippen LogP contribution in [0.15, 0.2) is 67.3 Å². The molecular formula is C29H31F3N8O. The van der Waals surface area contributed by atoms with Gasteiger partial charge in [-0.25, -0.2) is 15.0 Å². The molecule has 1 fully saturated rings. The summed E-state index contributed by atoms with van der Waals surface area (Å²) >= 11 is 0. The number of alkyl halides is 3. The third-order valence-corrected chi connectivity index (χ3v) is 7.19. The van der Waals surface area contributed by atoms with Gasteiger partial charge in [-0.1, -0.05) is 12.1 Å². The number of hydrogen-bond acceptors (Lipinski definition) is 7. The molecule has 214 valence electrons. The number of likely N-dealkylation sites (tertiary alicyclic amines) is 1. The number of hydrogen-bond donors (Lipinski definition) is 3. The maximum Gasteiger partial charge on any atom is 0.416 e. The van der Waals surface area contributed by atoms with E-state index in [1.54, 1.807) is 29.4 Å². The smallest absolute Gasteiger partial charge is 0.370 e. The summed E-state index contributed by atoms with van der Waals surface area (Å²) in [6, 6.07) is 11.9. The molecule has 1 unspecified atom stereocenters. The normalized spacial score (nSPS) is 15.6. The number of amides is 1. The Balaban J connectivity index is 1.39. The first-order valence-electron chi connectivity index (χ1n) is 13.3. The first-order valence-corrected chi connectivity index (χ1v) is 13.3. The lowest BCUT2D eigenvalue weighted by molar-refractivity contribution is -0.137. The van der Waals surface area contributed by atoms with Crippen LogP contribution in [0.25, 0.3) is 0 Å². The number of halogens is 3. The van der Waals surface area contributed by atoms with Gasteiger partial charge >= 0.3 is 6.18 Å². The summed E-state index contributed by atoms with van der Waals surface area (Å²) in [5.74, 6) is 1.04. The average Bonchev–Trinajstić information content (AvgIpc) is 3.63. The van der Waals surface area contributed by atoms with Crippen molar-refractivity contribution in [2.75, 3.05) is 35.7 Å². The molecule has 41 heavy (non-hydrogen) atoms. The van der Waals surface area contributed by atoms with Gasteiger partial charge in [0.25, 0.3) is 5.91 Å². The van der Waals surface area contributed by atoms with Gasteiger partial charge in [0.1, 0.15) is 18.0 Å². The van der Waals surface area contributed by atoms with Crippen LogP contribution in [0.1, 0.15) is 40.7 Å². The van der Waals surface area contributed by atoms with Crippen LogP contribution in [0, 0.1) is 6.92 Å². The number of rotatable bonds is 9. The van der Waals surface area contributed by atoms with E-state index >= 15 is 0 Å². The number of nitrogens with one attached hydrogen (secondary N) is 3. The van der Waals surface area contributed by atoms with Crippen molar-refractivity contribution in [3.05, 3.63) is 83.9 Å². The number of benzene rings is 2. The molecule has 0 spiro atoms. The summed E-state index contributed by atoms with van der Waals surface area (Å²) in [6.07, 6.45) is 3.66. The van der Waals surface area contributed by atoms with Gasteiger partial charge in [-0.2, -0.15) is 13.2 Å². The van der Waals surface area contributed by atoms with Crippen molar-refractivity contribution < 1.29 is 18.0 Å². The molecule has 12 heteroatoms. The number of carbonyl (C=O) groups is 1. The van der Waals surface area contributed by atoms with Gasteiger partial charge in [0.05, 0.1) is 11.3 Å². The molecule has 2 aromatic heterocycles. The number of anilines is 5. The molecular weight excluding hydrogens is 533 g/mol. The molecule has 1 aliphatic heterocycles. The molecule has 1 amide bonds. The van der Waals surface area contributed by atoms with E-state index in [2.05, 4.69) is 42.5 Å². The molecule has 0 aliphatic carbocycles. The van der Waals surface area contributed by atoms with Gasteiger partial charge in [0.2, 0.25) is 5.95 Å². The monoisotopic (exact) mass is 564 g/mol. The van der Waals surface area contributed by atoms with Crippen molar-refractivity contribution in [3.63, 3.8) is 0 Å². The van der Waals surface area contributed by atoms with Crippen molar-refractivity contribution in [3.8, 4) is 0 Å². The Labute approximate surface area is 235 Å². The fourth-order valence-electron chi connectivity index (χ4n) is 4.97. The Morgan fingerprint density at radius 3 is 2.73 bits per heavy atom. The van der Waals surface area contributed by atoms with Gasteiger partial charge in [-0.15, -0.1) is 0 Å². The summed E-state index contributed by atoms with van der Waals surface area (Å²) in [6.45, 7) is 3.80. The van der Waals surface area contributed by atoms with Crippen molar-refractivity contribution in [1.29, 1.82) is 0 Å². The minimum atomic E-state index is -4.55. The minimum Gasteiger partial charge on any atom is -0.370 e. The number of carbonyl (C=O) groups excluding carboxylic acids is 1. The zero-order valence-electron chi connectivity index (χ0n) is 22.7. The molecule has 1 aliphatic rings. The molecule has 5 rings (SSSR count). The van der Waals surface area contributed by atoms with E-state index in [1.807, 2.05) is 19.1 Å². The van der Waals surface area contributed by atoms with E-state index in [0.717, 1.165) is 37.2 Å². The molecule has 1 saturated heterocycles. The molecule has 3 N–H and O–H groups in total. The quantitative estimate of drug-likeness (QED) is 0.224. The predicted molar refractivity (Wildman–Crippen MR) is 152 cm³/mol. The maximum absolute atomic E-state index is 13.2. The standard InChI is InChI=1S/C29H31F3N8O/c1-19-8-9-22(38-27(41)20-5-3-6-21(15-20)29(30,31)32)16-24(19)40(28-34-12-13-35-28)26-17-25(36-18-37-26)33-11-10-23-7-4-14-39(23)2/h3,5-6,8-9,12-13,15-18,23H,4,7,10-11,14H2,1-2H3,(H,34,35)(H,38,41)(H,33,36,37). The molecule has 9 nitrogen and oxygen atoms in total. The largest absolute Gasteiger partial charge is 0.416 e. The lowest BCUT2D eigenvalue weighted by Gasteiger charge is -2.24. The zero-order valence-corrected chi connectivity index (χ0v) is 22.7. The number of aromatic nitrogens is 4. The highest BCUT2D eigenvalue weighted by Gasteiger charge is 2.31. The Morgan fingerprint density at radius 1 is 1.15 bits per heavy atom. The van der Waals surface area contributed by atoms with Gasteiger partial charge in [-0.05, 0) is 75.7 Å². The van der Waals surface area contributed by atoms with Crippen LogP contribution in [-0.2, 0) is 6.18 Å². The first kappa shape index (κ1) is 28.1. The fraction of sp³-hybridized carbons (Fsp3) is 0.310. The average molecular weight is 565 g/mol. The fourth-order valence-corrected chi connectivity index (χ4v) is 4.97. The Bertz CT molecular complexity index is 1490. The summed E-state index contributed by atoms with van der Waals surface area (Å²) in [4.78, 5) is 33.5. The summed E-state index contributed by atoms with van der Waals surface area (Å²) in [5.41, 5.74) is 0.940. The van der Waals surface area contributed by atoms with Crippen molar-refractivity contribution >= 4 is 34.9 Å². The minimum absolute atomic E-state index is 0.0971. The van der Waals surface area contributed by atoms with Gasteiger partial charge < -0.3 is 20.5 Å². The van der Waals surface area contributed by atoms with Crippen LogP contribution in [0.3, 0.4) is 0 Å². The van der Waals surface area contributed by atoms with Gasteiger partial charge in [0.15, 0.2) is 0 Å². The number of H-pyrrole nitrogens is 1.